The fourth-order valence-corrected chi connectivity index (χ4v) is 2.72. The highest BCUT2D eigenvalue weighted by atomic mass is 32.2. The van der Waals surface area contributed by atoms with Gasteiger partial charge < -0.3 is 15.8 Å². The third-order valence-electron chi connectivity index (χ3n) is 3.36. The molecular weight excluding hydrogens is 362 g/mol. The summed E-state index contributed by atoms with van der Waals surface area (Å²) < 4.78 is 23.6. The van der Waals surface area contributed by atoms with Crippen molar-refractivity contribution in [3.05, 3.63) is 30.3 Å². The molecule has 144 valence electrons. The van der Waals surface area contributed by atoms with Crippen LogP contribution in [0.2, 0.25) is 0 Å². The number of benzene rings is 1. The number of ketones is 1. The lowest BCUT2D eigenvalue weighted by Crippen LogP contribution is -2.36. The van der Waals surface area contributed by atoms with Crippen LogP contribution in [0.15, 0.2) is 30.3 Å². The first-order chi connectivity index (χ1) is 12.3. The summed E-state index contributed by atoms with van der Waals surface area (Å²) >= 11 is 0. The molecule has 1 aromatic rings. The summed E-state index contributed by atoms with van der Waals surface area (Å²) in [6.07, 6.45) is 1.60. The normalized spacial score (nSPS) is 10.9. The topological polar surface area (TPSA) is 142 Å². The van der Waals surface area contributed by atoms with Crippen LogP contribution in [-0.2, 0) is 24.4 Å². The number of carboxylic acids is 1. The number of carboxylic acid groups (broad SMARTS) is 1. The minimum Gasteiger partial charge on any atom is -0.476 e. The third kappa shape index (κ3) is 9.74. The number of para-hydroxylation sites is 1. The number of amides is 1. The highest BCUT2D eigenvalue weighted by Gasteiger charge is 2.12. The Labute approximate surface area is 152 Å². The molecule has 4 N–H and O–H groups in total. The fourth-order valence-electron chi connectivity index (χ4n) is 1.98. The maximum absolute atomic E-state index is 11.8. The number of sulfonamides is 1. The Balaban J connectivity index is 2.12. The first kappa shape index (κ1) is 21.6. The monoisotopic (exact) mass is 385 g/mol. The maximum atomic E-state index is 11.8. The van der Waals surface area contributed by atoms with Crippen molar-refractivity contribution in [1.82, 2.24) is 10.1 Å². The number of carbonyl (C=O) groups is 3. The van der Waals surface area contributed by atoms with Crippen molar-refractivity contribution in [1.29, 1.82) is 0 Å². The van der Waals surface area contributed by atoms with Gasteiger partial charge >= 0.3 is 5.97 Å². The number of hydrazine groups is 1. The van der Waals surface area contributed by atoms with E-state index in [0.29, 0.717) is 24.9 Å². The van der Waals surface area contributed by atoms with Crippen molar-refractivity contribution in [2.24, 2.45) is 0 Å². The molecular formula is C16H23N3O6S. The zero-order chi connectivity index (χ0) is 19.4. The average molecular weight is 385 g/mol. The molecule has 0 radical (unpaired) electrons. The van der Waals surface area contributed by atoms with E-state index in [9.17, 15) is 22.8 Å². The van der Waals surface area contributed by atoms with Crippen molar-refractivity contribution in [3.8, 4) is 0 Å². The molecule has 0 saturated heterocycles. The molecule has 0 heterocycles. The molecule has 1 amide bonds. The number of rotatable bonds is 13. The Morgan fingerprint density at radius 3 is 2.27 bits per heavy atom. The predicted molar refractivity (Wildman–Crippen MR) is 95.7 cm³/mol. The number of Topliss-reactive ketones (excluding diaryl/α,β-unsaturated/α-hetero) is 1. The number of hydrogen-bond donors (Lipinski definition) is 4. The van der Waals surface area contributed by atoms with Gasteiger partial charge in [-0.05, 0) is 25.0 Å². The molecule has 0 aliphatic rings. The lowest BCUT2D eigenvalue weighted by atomic mass is 10.1. The first-order valence-electron chi connectivity index (χ1n) is 8.13. The summed E-state index contributed by atoms with van der Waals surface area (Å²) in [5.74, 6) is -2.84. The molecule has 1 aromatic carbocycles. The highest BCUT2D eigenvalue weighted by Crippen LogP contribution is 2.04. The molecule has 0 aliphatic carbocycles. The van der Waals surface area contributed by atoms with Gasteiger partial charge in [-0.15, -0.1) is 4.83 Å². The van der Waals surface area contributed by atoms with Gasteiger partial charge in [0, 0.05) is 25.1 Å². The van der Waals surface area contributed by atoms with E-state index >= 15 is 0 Å². The third-order valence-corrected chi connectivity index (χ3v) is 4.52. The molecule has 0 aliphatic heterocycles. The Kier molecular flexibility index (Phi) is 9.31. The number of unbranched alkanes of at least 4 members (excludes halogenated alkanes) is 2. The summed E-state index contributed by atoms with van der Waals surface area (Å²) in [5, 5.41) is 10.9. The van der Waals surface area contributed by atoms with Gasteiger partial charge in [-0.2, -0.15) is 0 Å². The van der Waals surface area contributed by atoms with E-state index in [1.807, 2.05) is 0 Å². The Hall–Kier alpha value is -2.46. The summed E-state index contributed by atoms with van der Waals surface area (Å²) in [6, 6.07) is 8.73. The molecule has 0 unspecified atom stereocenters. The Bertz CT molecular complexity index is 706. The Morgan fingerprint density at radius 1 is 0.962 bits per heavy atom. The van der Waals surface area contributed by atoms with Gasteiger partial charge in [-0.3, -0.25) is 9.59 Å². The van der Waals surface area contributed by atoms with E-state index in [2.05, 4.69) is 15.6 Å². The predicted octanol–water partition coefficient (Wildman–Crippen LogP) is 0.653. The van der Waals surface area contributed by atoms with Crippen LogP contribution < -0.4 is 15.6 Å². The van der Waals surface area contributed by atoms with Gasteiger partial charge in [0.2, 0.25) is 21.7 Å². The molecule has 0 atom stereocenters. The van der Waals surface area contributed by atoms with E-state index in [1.54, 1.807) is 30.3 Å². The van der Waals surface area contributed by atoms with Gasteiger partial charge in [0.05, 0.1) is 5.75 Å². The van der Waals surface area contributed by atoms with Crippen LogP contribution in [0, 0.1) is 0 Å². The van der Waals surface area contributed by atoms with Crippen LogP contribution in [0.4, 0.5) is 5.69 Å². The number of hydrogen-bond acceptors (Lipinski definition) is 6. The molecule has 1 rings (SSSR count). The lowest BCUT2D eigenvalue weighted by Gasteiger charge is -2.10. The summed E-state index contributed by atoms with van der Waals surface area (Å²) in [6.45, 7) is -0.0257. The minimum atomic E-state index is -3.59. The molecule has 0 aromatic heterocycles. The second-order valence-corrected chi connectivity index (χ2v) is 7.39. The van der Waals surface area contributed by atoms with Crippen LogP contribution in [0.3, 0.4) is 0 Å². The van der Waals surface area contributed by atoms with Crippen molar-refractivity contribution in [2.45, 2.75) is 32.1 Å². The fraction of sp³-hybridized carbons (Fsp3) is 0.438. The molecule has 10 heteroatoms. The molecule has 0 spiro atoms. The van der Waals surface area contributed by atoms with Crippen LogP contribution in [0.5, 0.6) is 0 Å². The molecule has 26 heavy (non-hydrogen) atoms. The largest absolute Gasteiger partial charge is 0.476 e. The lowest BCUT2D eigenvalue weighted by molar-refractivity contribution is -0.149. The van der Waals surface area contributed by atoms with Crippen LogP contribution in [0.25, 0.3) is 0 Å². The van der Waals surface area contributed by atoms with Crippen molar-refractivity contribution in [2.75, 3.05) is 17.7 Å². The smallest absolute Gasteiger partial charge is 0.372 e. The summed E-state index contributed by atoms with van der Waals surface area (Å²) in [4.78, 5) is 35.0. The number of aliphatic carboxylic acids is 1. The van der Waals surface area contributed by atoms with Gasteiger partial charge in [-0.25, -0.2) is 13.2 Å². The van der Waals surface area contributed by atoms with E-state index in [4.69, 9.17) is 5.11 Å². The molecule has 0 bridgehead atoms. The number of anilines is 1. The van der Waals surface area contributed by atoms with Crippen molar-refractivity contribution >= 4 is 33.4 Å². The zero-order valence-corrected chi connectivity index (χ0v) is 15.0. The molecule has 9 nitrogen and oxygen atoms in total. The van der Waals surface area contributed by atoms with Gasteiger partial charge in [0.25, 0.3) is 0 Å². The van der Waals surface area contributed by atoms with Crippen molar-refractivity contribution in [3.63, 3.8) is 0 Å². The first-order valence-corrected chi connectivity index (χ1v) is 9.79. The number of carbonyl (C=O) groups excluding carboxylic acids is 2. The standard InChI is InChI=1S/C16H23N3O6S/c20-14(16(22)23)9-5-2-6-10-15(21)17-11-12-26(24,25)19-18-13-7-3-1-4-8-13/h1,3-4,7-8,18-19H,2,5-6,9-12H2,(H,17,21)(H,22,23). The quantitative estimate of drug-likeness (QED) is 0.222. The molecule has 0 fully saturated rings. The highest BCUT2D eigenvalue weighted by molar-refractivity contribution is 7.89. The van der Waals surface area contributed by atoms with E-state index in [0.717, 1.165) is 0 Å². The maximum Gasteiger partial charge on any atom is 0.372 e. The SMILES string of the molecule is O=C(CCCCCC(=O)C(=O)O)NCCS(=O)(=O)NNc1ccccc1. The molecule has 0 saturated carbocycles. The van der Waals surface area contributed by atoms with Gasteiger partial charge in [0.1, 0.15) is 0 Å². The number of nitrogens with one attached hydrogen (secondary N) is 3. The second kappa shape index (κ2) is 11.2. The van der Waals surface area contributed by atoms with Crippen LogP contribution >= 0.6 is 0 Å². The zero-order valence-electron chi connectivity index (χ0n) is 14.2. The Morgan fingerprint density at radius 2 is 1.62 bits per heavy atom. The van der Waals surface area contributed by atoms with E-state index < -0.39 is 21.8 Å². The van der Waals surface area contributed by atoms with Crippen LogP contribution in [0.1, 0.15) is 32.1 Å². The second-order valence-electron chi connectivity index (χ2n) is 5.55. The average Bonchev–Trinajstić information content (AvgIpc) is 2.60. The van der Waals surface area contributed by atoms with E-state index in [1.165, 1.54) is 0 Å². The van der Waals surface area contributed by atoms with Crippen molar-refractivity contribution < 1.29 is 27.9 Å². The summed E-state index contributed by atoms with van der Waals surface area (Å²) in [7, 11) is -3.59. The minimum absolute atomic E-state index is 0.0257. The summed E-state index contributed by atoms with van der Waals surface area (Å²) in [5.41, 5.74) is 3.17. The van der Waals surface area contributed by atoms with Crippen LogP contribution in [-0.4, -0.2) is 43.5 Å². The van der Waals surface area contributed by atoms with Gasteiger partial charge in [-0.1, -0.05) is 24.6 Å². The van der Waals surface area contributed by atoms with Gasteiger partial charge in [0.15, 0.2) is 0 Å². The van der Waals surface area contributed by atoms with E-state index in [-0.39, 0.29) is 31.0 Å².